The third kappa shape index (κ3) is 2.90. The topological polar surface area (TPSA) is 25.2 Å². The van der Waals surface area contributed by atoms with E-state index in [1.807, 2.05) is 43.4 Å². The molecule has 2 rings (SSSR count). The lowest BCUT2D eigenvalue weighted by Crippen LogP contribution is -2.23. The van der Waals surface area contributed by atoms with Crippen LogP contribution in [-0.4, -0.2) is 13.1 Å². The van der Waals surface area contributed by atoms with Crippen LogP contribution < -0.4 is 5.32 Å². The van der Waals surface area contributed by atoms with Crippen molar-refractivity contribution >= 4 is 11.6 Å². The molecule has 1 N–H and O–H groups in total. The Labute approximate surface area is 107 Å². The summed E-state index contributed by atoms with van der Waals surface area (Å²) in [5, 5.41) is 3.91. The van der Waals surface area contributed by atoms with Gasteiger partial charge in [-0.3, -0.25) is 0 Å². The third-order valence-electron chi connectivity index (χ3n) is 2.80. The summed E-state index contributed by atoms with van der Waals surface area (Å²) < 4.78 is 5.80. The van der Waals surface area contributed by atoms with Crippen LogP contribution in [0, 0.1) is 0 Å². The van der Waals surface area contributed by atoms with Crippen molar-refractivity contribution in [3.63, 3.8) is 0 Å². The van der Waals surface area contributed by atoms with Gasteiger partial charge in [0.05, 0.1) is 5.02 Å². The molecular weight excluding hydrogens is 234 g/mol. The first kappa shape index (κ1) is 12.2. The summed E-state index contributed by atoms with van der Waals surface area (Å²) in [5.41, 5.74) is 0.942. The molecule has 0 aliphatic heterocycles. The SMILES string of the molecule is CNC(C)Cc1ccc(-c2ccccc2Cl)o1. The number of halogens is 1. The molecular formula is C14H16ClNO. The number of furan rings is 1. The van der Waals surface area contributed by atoms with Gasteiger partial charge in [-0.15, -0.1) is 0 Å². The molecule has 3 heteroatoms. The van der Waals surface area contributed by atoms with Crippen LogP contribution in [0.5, 0.6) is 0 Å². The highest BCUT2D eigenvalue weighted by Crippen LogP contribution is 2.29. The fraction of sp³-hybridized carbons (Fsp3) is 0.286. The van der Waals surface area contributed by atoms with Crippen LogP contribution in [0.3, 0.4) is 0 Å². The summed E-state index contributed by atoms with van der Waals surface area (Å²) in [5.74, 6) is 1.80. The third-order valence-corrected chi connectivity index (χ3v) is 3.13. The zero-order valence-corrected chi connectivity index (χ0v) is 10.8. The maximum atomic E-state index is 6.13. The zero-order chi connectivity index (χ0) is 12.3. The maximum absolute atomic E-state index is 6.13. The molecule has 90 valence electrons. The summed E-state index contributed by atoms with van der Waals surface area (Å²) in [7, 11) is 1.95. The molecule has 2 nitrogen and oxygen atoms in total. The normalized spacial score (nSPS) is 12.6. The molecule has 1 aromatic heterocycles. The smallest absolute Gasteiger partial charge is 0.135 e. The van der Waals surface area contributed by atoms with Gasteiger partial charge >= 0.3 is 0 Å². The van der Waals surface area contributed by atoms with Gasteiger partial charge < -0.3 is 9.73 Å². The van der Waals surface area contributed by atoms with E-state index in [4.69, 9.17) is 16.0 Å². The summed E-state index contributed by atoms with van der Waals surface area (Å²) in [4.78, 5) is 0. The highest BCUT2D eigenvalue weighted by molar-refractivity contribution is 6.33. The minimum absolute atomic E-state index is 0.403. The highest BCUT2D eigenvalue weighted by Gasteiger charge is 2.09. The Morgan fingerprint density at radius 1 is 1.24 bits per heavy atom. The van der Waals surface area contributed by atoms with Crippen LogP contribution in [-0.2, 0) is 6.42 Å². The van der Waals surface area contributed by atoms with Crippen molar-refractivity contribution in [2.45, 2.75) is 19.4 Å². The second-order valence-electron chi connectivity index (χ2n) is 4.14. The van der Waals surface area contributed by atoms with Gasteiger partial charge in [0.2, 0.25) is 0 Å². The number of rotatable bonds is 4. The van der Waals surface area contributed by atoms with E-state index in [0.29, 0.717) is 6.04 Å². The zero-order valence-electron chi connectivity index (χ0n) is 10.0. The van der Waals surface area contributed by atoms with Crippen LogP contribution in [0.1, 0.15) is 12.7 Å². The Bertz CT molecular complexity index is 492. The van der Waals surface area contributed by atoms with E-state index < -0.39 is 0 Å². The molecule has 1 atom stereocenters. The standard InChI is InChI=1S/C14H16ClNO/c1-10(16-2)9-11-7-8-14(17-11)12-5-3-4-6-13(12)15/h3-8,10,16H,9H2,1-2H3. The van der Waals surface area contributed by atoms with E-state index in [-0.39, 0.29) is 0 Å². The molecule has 0 saturated carbocycles. The molecule has 0 spiro atoms. The lowest BCUT2D eigenvalue weighted by Gasteiger charge is -2.06. The molecule has 1 unspecified atom stereocenters. The van der Waals surface area contributed by atoms with Crippen molar-refractivity contribution in [1.82, 2.24) is 5.32 Å². The maximum Gasteiger partial charge on any atom is 0.135 e. The summed E-state index contributed by atoms with van der Waals surface area (Å²) >= 11 is 6.13. The Morgan fingerprint density at radius 2 is 2.00 bits per heavy atom. The molecule has 0 aliphatic carbocycles. The molecule has 2 aromatic rings. The van der Waals surface area contributed by atoms with Gasteiger partial charge in [0, 0.05) is 18.0 Å². The molecule has 0 amide bonds. The number of hydrogen-bond acceptors (Lipinski definition) is 2. The van der Waals surface area contributed by atoms with E-state index in [0.717, 1.165) is 28.5 Å². The van der Waals surface area contributed by atoms with Crippen LogP contribution >= 0.6 is 11.6 Å². The van der Waals surface area contributed by atoms with Crippen LogP contribution in [0.25, 0.3) is 11.3 Å². The molecule has 0 bridgehead atoms. The number of hydrogen-bond donors (Lipinski definition) is 1. The Kier molecular flexibility index (Phi) is 3.87. The van der Waals surface area contributed by atoms with Gasteiger partial charge in [-0.25, -0.2) is 0 Å². The molecule has 0 aliphatic rings. The summed E-state index contributed by atoms with van der Waals surface area (Å²) in [6.07, 6.45) is 0.876. The van der Waals surface area contributed by atoms with Crippen molar-refractivity contribution in [3.8, 4) is 11.3 Å². The van der Waals surface area contributed by atoms with Crippen molar-refractivity contribution < 1.29 is 4.42 Å². The lowest BCUT2D eigenvalue weighted by atomic mass is 10.2. The van der Waals surface area contributed by atoms with E-state index in [2.05, 4.69) is 12.2 Å². The van der Waals surface area contributed by atoms with Crippen molar-refractivity contribution in [1.29, 1.82) is 0 Å². The molecule has 1 aromatic carbocycles. The molecule has 0 radical (unpaired) electrons. The van der Waals surface area contributed by atoms with E-state index in [9.17, 15) is 0 Å². The van der Waals surface area contributed by atoms with Crippen LogP contribution in [0.15, 0.2) is 40.8 Å². The van der Waals surface area contributed by atoms with E-state index in [1.165, 1.54) is 0 Å². The van der Waals surface area contributed by atoms with Gasteiger partial charge in [0.1, 0.15) is 11.5 Å². The first-order valence-corrected chi connectivity index (χ1v) is 6.09. The molecule has 0 fully saturated rings. The van der Waals surface area contributed by atoms with E-state index >= 15 is 0 Å². The fourth-order valence-corrected chi connectivity index (χ4v) is 1.93. The van der Waals surface area contributed by atoms with E-state index in [1.54, 1.807) is 0 Å². The van der Waals surface area contributed by atoms with Gasteiger partial charge in [-0.2, -0.15) is 0 Å². The minimum Gasteiger partial charge on any atom is -0.461 e. The van der Waals surface area contributed by atoms with Crippen molar-refractivity contribution in [2.24, 2.45) is 0 Å². The Hall–Kier alpha value is -1.25. The minimum atomic E-state index is 0.403. The predicted octanol–water partition coefficient (Wildman–Crippen LogP) is 3.75. The average molecular weight is 250 g/mol. The second kappa shape index (κ2) is 5.39. The first-order chi connectivity index (χ1) is 8.20. The van der Waals surface area contributed by atoms with Crippen molar-refractivity contribution in [2.75, 3.05) is 7.05 Å². The van der Waals surface area contributed by atoms with Crippen molar-refractivity contribution in [3.05, 3.63) is 47.2 Å². The number of likely N-dealkylation sites (N-methyl/N-ethyl adjacent to an activating group) is 1. The average Bonchev–Trinajstić information content (AvgIpc) is 2.78. The van der Waals surface area contributed by atoms with Crippen LogP contribution in [0.4, 0.5) is 0 Å². The van der Waals surface area contributed by atoms with Gasteiger partial charge in [-0.05, 0) is 38.2 Å². The molecule has 17 heavy (non-hydrogen) atoms. The monoisotopic (exact) mass is 249 g/mol. The van der Waals surface area contributed by atoms with Gasteiger partial charge in [0.25, 0.3) is 0 Å². The Morgan fingerprint density at radius 3 is 2.71 bits per heavy atom. The second-order valence-corrected chi connectivity index (χ2v) is 4.55. The number of nitrogens with one attached hydrogen (secondary N) is 1. The fourth-order valence-electron chi connectivity index (χ4n) is 1.70. The highest BCUT2D eigenvalue weighted by atomic mass is 35.5. The number of benzene rings is 1. The summed E-state index contributed by atoms with van der Waals surface area (Å²) in [6.45, 7) is 2.12. The van der Waals surface area contributed by atoms with Crippen LogP contribution in [0.2, 0.25) is 5.02 Å². The first-order valence-electron chi connectivity index (χ1n) is 5.71. The Balaban J connectivity index is 2.21. The van der Waals surface area contributed by atoms with Gasteiger partial charge in [-0.1, -0.05) is 23.7 Å². The quantitative estimate of drug-likeness (QED) is 0.893. The molecule has 1 heterocycles. The summed E-state index contributed by atoms with van der Waals surface area (Å²) in [6, 6.07) is 12.1. The lowest BCUT2D eigenvalue weighted by molar-refractivity contribution is 0.481. The van der Waals surface area contributed by atoms with Gasteiger partial charge in [0.15, 0.2) is 0 Å². The molecule has 0 saturated heterocycles. The largest absolute Gasteiger partial charge is 0.461 e. The predicted molar refractivity (Wildman–Crippen MR) is 71.4 cm³/mol.